The minimum absolute atomic E-state index is 0.0662. The van der Waals surface area contributed by atoms with Gasteiger partial charge >= 0.3 is 12.1 Å². The largest absolute Gasteiger partial charge is 0.420 e. The number of carbonyl (C=O) groups excluding carboxylic acids is 1. The summed E-state index contributed by atoms with van der Waals surface area (Å²) in [5.41, 5.74) is -0.251. The number of anilines is 1. The van der Waals surface area contributed by atoms with Crippen LogP contribution in [0.4, 0.5) is 27.6 Å². The fourth-order valence-electron chi connectivity index (χ4n) is 2.60. The molecule has 1 aromatic heterocycles. The number of fused-ring (bicyclic) bond motifs is 1. The standard InChI is InChI=1S/C19H13F5N4O2/c20-12-6-11-14(7-13(12)21)27-8-15(11)28-18(29)17(26)30-16(25)5-9-1-3-10(4-2-9)19(22,23)24/h1-4,6-8,25-27H,5H2,(H,28,29). The highest BCUT2D eigenvalue weighted by molar-refractivity contribution is 6.40. The van der Waals surface area contributed by atoms with E-state index in [1.165, 1.54) is 6.20 Å². The Morgan fingerprint density at radius 3 is 2.33 bits per heavy atom. The van der Waals surface area contributed by atoms with E-state index in [2.05, 4.69) is 10.3 Å². The molecule has 0 atom stereocenters. The van der Waals surface area contributed by atoms with Gasteiger partial charge in [0.25, 0.3) is 5.90 Å². The molecule has 30 heavy (non-hydrogen) atoms. The van der Waals surface area contributed by atoms with Gasteiger partial charge in [-0.05, 0) is 23.8 Å². The summed E-state index contributed by atoms with van der Waals surface area (Å²) in [5, 5.41) is 17.8. The maximum atomic E-state index is 13.4. The molecule has 0 saturated heterocycles. The highest BCUT2D eigenvalue weighted by atomic mass is 19.4. The highest BCUT2D eigenvalue weighted by Crippen LogP contribution is 2.29. The van der Waals surface area contributed by atoms with Crippen LogP contribution in [0.25, 0.3) is 10.9 Å². The SMILES string of the molecule is N=C(Cc1ccc(C(F)(F)F)cc1)OC(=N)C(=O)Nc1c[nH]c2cc(F)c(F)cc12. The van der Waals surface area contributed by atoms with Crippen molar-refractivity contribution < 1.29 is 31.5 Å². The summed E-state index contributed by atoms with van der Waals surface area (Å²) in [6, 6.07) is 5.78. The number of ether oxygens (including phenoxy) is 1. The van der Waals surface area contributed by atoms with Crippen LogP contribution in [0.3, 0.4) is 0 Å². The molecule has 1 heterocycles. The van der Waals surface area contributed by atoms with Crippen LogP contribution in [-0.4, -0.2) is 22.7 Å². The molecule has 0 aliphatic carbocycles. The van der Waals surface area contributed by atoms with Gasteiger partial charge in [0, 0.05) is 24.1 Å². The summed E-state index contributed by atoms with van der Waals surface area (Å²) in [6.07, 6.45) is -3.46. The summed E-state index contributed by atoms with van der Waals surface area (Å²) < 4.78 is 69.1. The molecule has 0 aliphatic rings. The van der Waals surface area contributed by atoms with Crippen molar-refractivity contribution in [3.8, 4) is 0 Å². The number of benzene rings is 2. The van der Waals surface area contributed by atoms with Crippen LogP contribution in [0.2, 0.25) is 0 Å². The fraction of sp³-hybridized carbons (Fsp3) is 0.105. The van der Waals surface area contributed by atoms with Gasteiger partial charge in [0.05, 0.1) is 16.8 Å². The zero-order chi connectivity index (χ0) is 22.1. The number of amides is 1. The second kappa shape index (κ2) is 7.93. The number of alkyl halides is 3. The van der Waals surface area contributed by atoms with Crippen molar-refractivity contribution in [2.75, 3.05) is 5.32 Å². The van der Waals surface area contributed by atoms with Crippen molar-refractivity contribution in [3.05, 3.63) is 65.4 Å². The fourth-order valence-corrected chi connectivity index (χ4v) is 2.60. The first kappa shape index (κ1) is 21.0. The zero-order valence-electron chi connectivity index (χ0n) is 15.0. The number of carbonyl (C=O) groups is 1. The quantitative estimate of drug-likeness (QED) is 0.280. The molecule has 1 amide bonds. The predicted octanol–water partition coefficient (Wildman–Crippen LogP) is 4.62. The lowest BCUT2D eigenvalue weighted by Crippen LogP contribution is -2.27. The van der Waals surface area contributed by atoms with Crippen LogP contribution in [-0.2, 0) is 22.1 Å². The van der Waals surface area contributed by atoms with Gasteiger partial charge in [0.1, 0.15) is 0 Å². The smallest absolute Gasteiger partial charge is 0.416 e. The molecule has 11 heteroatoms. The van der Waals surface area contributed by atoms with E-state index in [0.717, 1.165) is 36.4 Å². The molecule has 156 valence electrons. The van der Waals surface area contributed by atoms with E-state index in [1.807, 2.05) is 0 Å². The van der Waals surface area contributed by atoms with Crippen LogP contribution in [0.5, 0.6) is 0 Å². The molecule has 3 rings (SSSR count). The number of halogens is 5. The van der Waals surface area contributed by atoms with Gasteiger partial charge in [-0.15, -0.1) is 0 Å². The Kier molecular flexibility index (Phi) is 5.54. The van der Waals surface area contributed by atoms with Crippen molar-refractivity contribution >= 4 is 34.3 Å². The topological polar surface area (TPSA) is 102 Å². The Balaban J connectivity index is 1.61. The molecule has 0 radical (unpaired) electrons. The lowest BCUT2D eigenvalue weighted by atomic mass is 10.1. The molecule has 0 aliphatic heterocycles. The van der Waals surface area contributed by atoms with Crippen LogP contribution in [0.15, 0.2) is 42.6 Å². The zero-order valence-corrected chi connectivity index (χ0v) is 15.0. The Morgan fingerprint density at radius 2 is 1.70 bits per heavy atom. The van der Waals surface area contributed by atoms with Gasteiger partial charge in [-0.1, -0.05) is 12.1 Å². The summed E-state index contributed by atoms with van der Waals surface area (Å²) >= 11 is 0. The van der Waals surface area contributed by atoms with E-state index in [4.69, 9.17) is 15.6 Å². The van der Waals surface area contributed by atoms with Crippen LogP contribution < -0.4 is 5.32 Å². The first-order valence-electron chi connectivity index (χ1n) is 8.32. The Labute approximate surface area is 165 Å². The molecule has 0 saturated carbocycles. The van der Waals surface area contributed by atoms with Crippen molar-refractivity contribution in [1.82, 2.24) is 4.98 Å². The van der Waals surface area contributed by atoms with E-state index < -0.39 is 41.1 Å². The summed E-state index contributed by atoms with van der Waals surface area (Å²) in [6.45, 7) is 0. The van der Waals surface area contributed by atoms with Gasteiger partial charge in [0.2, 0.25) is 0 Å². The summed E-state index contributed by atoms with van der Waals surface area (Å²) in [5.74, 6) is -4.75. The Morgan fingerprint density at radius 1 is 1.07 bits per heavy atom. The molecule has 0 fully saturated rings. The highest BCUT2D eigenvalue weighted by Gasteiger charge is 2.30. The number of aromatic nitrogens is 1. The normalized spacial score (nSPS) is 11.4. The number of rotatable bonds is 3. The molecule has 0 bridgehead atoms. The number of H-pyrrole nitrogens is 1. The lowest BCUT2D eigenvalue weighted by molar-refractivity contribution is -0.137. The minimum Gasteiger partial charge on any atom is -0.420 e. The van der Waals surface area contributed by atoms with Crippen LogP contribution in [0, 0.1) is 22.5 Å². The van der Waals surface area contributed by atoms with E-state index >= 15 is 0 Å². The first-order valence-corrected chi connectivity index (χ1v) is 8.32. The van der Waals surface area contributed by atoms with Crippen molar-refractivity contribution in [2.24, 2.45) is 0 Å². The number of nitrogens with one attached hydrogen (secondary N) is 4. The number of hydrogen-bond acceptors (Lipinski definition) is 4. The van der Waals surface area contributed by atoms with Crippen molar-refractivity contribution in [3.63, 3.8) is 0 Å². The molecule has 4 N–H and O–H groups in total. The molecule has 3 aromatic rings. The van der Waals surface area contributed by atoms with Gasteiger partial charge in [-0.2, -0.15) is 13.2 Å². The minimum atomic E-state index is -4.49. The molecular weight excluding hydrogens is 411 g/mol. The second-order valence-electron chi connectivity index (χ2n) is 6.19. The van der Waals surface area contributed by atoms with E-state index in [9.17, 15) is 26.7 Å². The Hall–Kier alpha value is -3.76. The van der Waals surface area contributed by atoms with Crippen molar-refractivity contribution in [2.45, 2.75) is 12.6 Å². The number of aromatic amines is 1. The Bertz CT molecular complexity index is 1140. The van der Waals surface area contributed by atoms with Gasteiger partial charge in [-0.25, -0.2) is 8.78 Å². The third kappa shape index (κ3) is 4.62. The molecule has 0 spiro atoms. The molecule has 0 unspecified atom stereocenters. The van der Waals surface area contributed by atoms with Crippen molar-refractivity contribution in [1.29, 1.82) is 10.8 Å². The molecule has 2 aromatic carbocycles. The van der Waals surface area contributed by atoms with Gasteiger partial charge < -0.3 is 15.0 Å². The van der Waals surface area contributed by atoms with Gasteiger partial charge in [0.15, 0.2) is 17.5 Å². The average molecular weight is 424 g/mol. The summed E-state index contributed by atoms with van der Waals surface area (Å²) in [4.78, 5) is 14.7. The van der Waals surface area contributed by atoms with Crippen LogP contribution in [0.1, 0.15) is 11.1 Å². The third-order valence-electron chi connectivity index (χ3n) is 4.05. The molecule has 6 nitrogen and oxygen atoms in total. The van der Waals surface area contributed by atoms with E-state index in [0.29, 0.717) is 5.56 Å². The maximum absolute atomic E-state index is 13.4. The predicted molar refractivity (Wildman–Crippen MR) is 98.5 cm³/mol. The van der Waals surface area contributed by atoms with E-state index in [-0.39, 0.29) is 23.0 Å². The third-order valence-corrected chi connectivity index (χ3v) is 4.05. The first-order chi connectivity index (χ1) is 14.0. The second-order valence-corrected chi connectivity index (χ2v) is 6.19. The monoisotopic (exact) mass is 424 g/mol. The van der Waals surface area contributed by atoms with E-state index in [1.54, 1.807) is 0 Å². The van der Waals surface area contributed by atoms with Gasteiger partial charge in [-0.3, -0.25) is 15.6 Å². The molecular formula is C19H13F5N4O2. The summed E-state index contributed by atoms with van der Waals surface area (Å²) in [7, 11) is 0. The lowest BCUT2D eigenvalue weighted by Gasteiger charge is -2.10. The average Bonchev–Trinajstić information content (AvgIpc) is 3.03. The van der Waals surface area contributed by atoms with Crippen LogP contribution >= 0.6 is 0 Å². The maximum Gasteiger partial charge on any atom is 0.416 e. The number of hydrogen-bond donors (Lipinski definition) is 4.